The standard InChI is InChI=1S/C3H2N3O2/c7-6(8)3-1-4-5-2-3/h1-2H/q-1. The van der Waals surface area contributed by atoms with E-state index in [4.69, 9.17) is 0 Å². The lowest BCUT2D eigenvalue weighted by Crippen LogP contribution is -1.82. The van der Waals surface area contributed by atoms with Gasteiger partial charge in [0.25, 0.3) is 5.69 Å². The minimum atomic E-state index is -0.542. The molecule has 0 atom stereocenters. The van der Waals surface area contributed by atoms with Crippen LogP contribution in [0.2, 0.25) is 0 Å². The summed E-state index contributed by atoms with van der Waals surface area (Å²) in [7, 11) is 0. The van der Waals surface area contributed by atoms with Crippen LogP contribution in [0.1, 0.15) is 0 Å². The van der Waals surface area contributed by atoms with Gasteiger partial charge in [-0.3, -0.25) is 10.1 Å². The fraction of sp³-hybridized carbons (Fsp3) is 0. The highest BCUT2D eigenvalue weighted by Gasteiger charge is 1.96. The lowest BCUT2D eigenvalue weighted by Gasteiger charge is -1.80. The summed E-state index contributed by atoms with van der Waals surface area (Å²) in [6.45, 7) is 0. The maximum atomic E-state index is 9.79. The monoisotopic (exact) mass is 112 g/mol. The van der Waals surface area contributed by atoms with E-state index in [-0.39, 0.29) is 5.69 Å². The smallest absolute Gasteiger partial charge is 0.265 e. The lowest BCUT2D eigenvalue weighted by molar-refractivity contribution is -0.384. The number of hydrogen-bond donors (Lipinski definition) is 0. The van der Waals surface area contributed by atoms with Gasteiger partial charge in [-0.05, 0) is 0 Å². The van der Waals surface area contributed by atoms with Crippen LogP contribution in [-0.2, 0) is 0 Å². The molecule has 42 valence electrons. The number of rotatable bonds is 1. The van der Waals surface area contributed by atoms with E-state index >= 15 is 0 Å². The molecule has 8 heavy (non-hydrogen) atoms. The first-order valence-corrected chi connectivity index (χ1v) is 1.88. The molecule has 0 aliphatic heterocycles. The van der Waals surface area contributed by atoms with Crippen LogP contribution < -0.4 is 5.10 Å². The molecule has 0 aliphatic carbocycles. The van der Waals surface area contributed by atoms with Crippen molar-refractivity contribution in [1.29, 1.82) is 0 Å². The highest BCUT2D eigenvalue weighted by atomic mass is 16.6. The Labute approximate surface area is 44.5 Å². The van der Waals surface area contributed by atoms with Gasteiger partial charge in [0.05, 0.1) is 11.1 Å². The van der Waals surface area contributed by atoms with E-state index in [1.165, 1.54) is 0 Å². The topological polar surface area (TPSA) is 70.1 Å². The van der Waals surface area contributed by atoms with Crippen molar-refractivity contribution in [2.75, 3.05) is 0 Å². The Hall–Kier alpha value is -1.39. The Morgan fingerprint density at radius 3 is 2.88 bits per heavy atom. The molecule has 0 saturated carbocycles. The summed E-state index contributed by atoms with van der Waals surface area (Å²) in [6, 6.07) is 0. The first kappa shape index (κ1) is 4.76. The average Bonchev–Trinajstić information content (AvgIpc) is 2.12. The first-order valence-electron chi connectivity index (χ1n) is 1.88. The molecule has 0 bridgehead atoms. The van der Waals surface area contributed by atoms with Crippen molar-refractivity contribution in [3.63, 3.8) is 0 Å². The van der Waals surface area contributed by atoms with Crippen LogP contribution in [0.25, 0.3) is 0 Å². The second-order valence-electron chi connectivity index (χ2n) is 1.17. The SMILES string of the molecule is O=[N+]([O-])c1cn[n-]c1. The zero-order valence-electron chi connectivity index (χ0n) is 3.81. The lowest BCUT2D eigenvalue weighted by atomic mass is 10.6. The quantitative estimate of drug-likeness (QED) is 0.377. The third-order valence-electron chi connectivity index (χ3n) is 0.657. The summed E-state index contributed by atoms with van der Waals surface area (Å²) in [5, 5.41) is 16.3. The Morgan fingerprint density at radius 1 is 1.88 bits per heavy atom. The van der Waals surface area contributed by atoms with Gasteiger partial charge in [-0.25, -0.2) is 0 Å². The third kappa shape index (κ3) is 0.651. The third-order valence-corrected chi connectivity index (χ3v) is 0.657. The summed E-state index contributed by atoms with van der Waals surface area (Å²) in [4.78, 5) is 9.25. The van der Waals surface area contributed by atoms with Crippen molar-refractivity contribution < 1.29 is 4.92 Å². The van der Waals surface area contributed by atoms with E-state index in [0.717, 1.165) is 12.4 Å². The first-order chi connectivity index (χ1) is 3.80. The van der Waals surface area contributed by atoms with Crippen molar-refractivity contribution in [2.45, 2.75) is 0 Å². The van der Waals surface area contributed by atoms with E-state index in [1.807, 2.05) is 0 Å². The van der Waals surface area contributed by atoms with Gasteiger partial charge in [-0.2, -0.15) is 0 Å². The van der Waals surface area contributed by atoms with Gasteiger partial charge in [-0.15, -0.1) is 0 Å². The summed E-state index contributed by atoms with van der Waals surface area (Å²) >= 11 is 0. The molecule has 1 rings (SSSR count). The molecule has 0 radical (unpaired) electrons. The summed E-state index contributed by atoms with van der Waals surface area (Å²) < 4.78 is 0. The average molecular weight is 112 g/mol. The second-order valence-corrected chi connectivity index (χ2v) is 1.17. The molecule has 0 aliphatic rings. The number of aromatic nitrogens is 2. The fourth-order valence-corrected chi connectivity index (χ4v) is 0.313. The Kier molecular flexibility index (Phi) is 0.957. The van der Waals surface area contributed by atoms with Crippen molar-refractivity contribution in [1.82, 2.24) is 10.2 Å². The van der Waals surface area contributed by atoms with Gasteiger partial charge >= 0.3 is 0 Å². The highest BCUT2D eigenvalue weighted by Crippen LogP contribution is 2.02. The van der Waals surface area contributed by atoms with Crippen molar-refractivity contribution in [3.05, 3.63) is 22.5 Å². The van der Waals surface area contributed by atoms with Gasteiger partial charge in [0.15, 0.2) is 0 Å². The van der Waals surface area contributed by atoms with Gasteiger partial charge < -0.3 is 10.2 Å². The molecule has 5 heteroatoms. The van der Waals surface area contributed by atoms with Crippen molar-refractivity contribution in [2.24, 2.45) is 0 Å². The molecule has 0 aromatic carbocycles. The molecule has 0 N–H and O–H groups in total. The van der Waals surface area contributed by atoms with Crippen LogP contribution >= 0.6 is 0 Å². The molecule has 0 unspecified atom stereocenters. The molecule has 1 aromatic heterocycles. The maximum Gasteiger partial charge on any atom is 0.265 e. The Morgan fingerprint density at radius 2 is 2.62 bits per heavy atom. The van der Waals surface area contributed by atoms with Crippen LogP contribution in [-0.4, -0.2) is 10.0 Å². The van der Waals surface area contributed by atoms with Crippen LogP contribution in [0, 0.1) is 10.1 Å². The predicted molar refractivity (Wildman–Crippen MR) is 24.2 cm³/mol. The zero-order valence-corrected chi connectivity index (χ0v) is 3.81. The van der Waals surface area contributed by atoms with E-state index < -0.39 is 4.92 Å². The predicted octanol–water partition coefficient (Wildman–Crippen LogP) is -0.0530. The number of hydrogen-bond acceptors (Lipinski definition) is 3. The summed E-state index contributed by atoms with van der Waals surface area (Å²) in [6.07, 6.45) is 2.19. The Balaban J connectivity index is 2.93. The molecule has 0 fully saturated rings. The highest BCUT2D eigenvalue weighted by molar-refractivity contribution is 5.18. The number of nitro groups is 1. The molecule has 1 heterocycles. The fourth-order valence-electron chi connectivity index (χ4n) is 0.313. The van der Waals surface area contributed by atoms with E-state index in [0.29, 0.717) is 0 Å². The number of nitrogens with zero attached hydrogens (tertiary/aromatic N) is 3. The minimum Gasteiger partial charge on any atom is -0.576 e. The van der Waals surface area contributed by atoms with Crippen molar-refractivity contribution in [3.8, 4) is 0 Å². The van der Waals surface area contributed by atoms with Gasteiger partial charge in [0.1, 0.15) is 0 Å². The molecule has 5 nitrogen and oxygen atoms in total. The molecular formula is C3H2N3O2-. The molecule has 1 aromatic rings. The van der Waals surface area contributed by atoms with E-state index in [1.54, 1.807) is 0 Å². The second kappa shape index (κ2) is 1.61. The zero-order chi connectivity index (χ0) is 5.98. The van der Waals surface area contributed by atoms with Gasteiger partial charge in [-0.1, -0.05) is 6.20 Å². The van der Waals surface area contributed by atoms with E-state index in [9.17, 15) is 10.1 Å². The minimum absolute atomic E-state index is 0.0648. The van der Waals surface area contributed by atoms with Gasteiger partial charge in [0, 0.05) is 0 Å². The summed E-state index contributed by atoms with van der Waals surface area (Å²) in [5.74, 6) is 0. The largest absolute Gasteiger partial charge is 0.576 e. The van der Waals surface area contributed by atoms with Crippen LogP contribution in [0.4, 0.5) is 5.69 Å². The molecule has 0 amide bonds. The van der Waals surface area contributed by atoms with E-state index in [2.05, 4.69) is 10.2 Å². The normalized spacial score (nSPS) is 9.00. The Bertz CT molecular complexity index is 180. The summed E-state index contributed by atoms with van der Waals surface area (Å²) in [5.41, 5.74) is -0.0648. The molecular weight excluding hydrogens is 110 g/mol. The van der Waals surface area contributed by atoms with Crippen LogP contribution in [0.3, 0.4) is 0 Å². The van der Waals surface area contributed by atoms with Crippen molar-refractivity contribution >= 4 is 5.69 Å². The van der Waals surface area contributed by atoms with Crippen LogP contribution in [0.5, 0.6) is 0 Å². The maximum absolute atomic E-state index is 9.79. The van der Waals surface area contributed by atoms with Crippen LogP contribution in [0.15, 0.2) is 12.4 Å². The molecule has 0 spiro atoms. The molecule has 0 saturated heterocycles. The van der Waals surface area contributed by atoms with Gasteiger partial charge in [0.2, 0.25) is 0 Å².